The molecule has 5 atom stereocenters. The van der Waals surface area contributed by atoms with Gasteiger partial charge < -0.3 is 0 Å². The van der Waals surface area contributed by atoms with Crippen LogP contribution in [0, 0.1) is 17.8 Å². The molecule has 0 spiro atoms. The van der Waals surface area contributed by atoms with Gasteiger partial charge in [-0.1, -0.05) is 50.1 Å². The number of hydrogen-bond acceptors (Lipinski definition) is 2. The van der Waals surface area contributed by atoms with Gasteiger partial charge in [0.15, 0.2) is 0 Å². The van der Waals surface area contributed by atoms with Crippen LogP contribution in [-0.4, -0.2) is 6.04 Å². The van der Waals surface area contributed by atoms with Crippen LogP contribution in [0.15, 0.2) is 30.3 Å². The van der Waals surface area contributed by atoms with Crippen LogP contribution in [0.25, 0.3) is 0 Å². The molecule has 0 bridgehead atoms. The Morgan fingerprint density at radius 1 is 1.21 bits per heavy atom. The average molecular weight is 258 g/mol. The van der Waals surface area contributed by atoms with E-state index >= 15 is 0 Å². The summed E-state index contributed by atoms with van der Waals surface area (Å²) in [5.74, 6) is 9.11. The van der Waals surface area contributed by atoms with Crippen molar-refractivity contribution in [2.24, 2.45) is 23.6 Å². The Morgan fingerprint density at radius 2 is 2.00 bits per heavy atom. The van der Waals surface area contributed by atoms with Crippen molar-refractivity contribution in [1.82, 2.24) is 5.43 Å². The molecule has 2 aliphatic carbocycles. The maximum Gasteiger partial charge on any atom is 0.0273 e. The van der Waals surface area contributed by atoms with E-state index < -0.39 is 0 Å². The fourth-order valence-corrected chi connectivity index (χ4v) is 4.11. The minimum absolute atomic E-state index is 0.529. The molecule has 3 N–H and O–H groups in total. The van der Waals surface area contributed by atoms with E-state index in [1.54, 1.807) is 0 Å². The summed E-state index contributed by atoms with van der Waals surface area (Å²) < 4.78 is 0. The molecule has 0 aliphatic heterocycles. The topological polar surface area (TPSA) is 38.0 Å². The molecule has 2 fully saturated rings. The maximum absolute atomic E-state index is 5.87. The minimum atomic E-state index is 0.529. The second kappa shape index (κ2) is 5.64. The summed E-state index contributed by atoms with van der Waals surface area (Å²) in [6.07, 6.45) is 6.80. The normalized spacial score (nSPS) is 35.3. The van der Waals surface area contributed by atoms with Gasteiger partial charge in [0.1, 0.15) is 0 Å². The highest BCUT2D eigenvalue weighted by Crippen LogP contribution is 2.53. The number of hydrazine groups is 1. The third-order valence-electron chi connectivity index (χ3n) is 5.39. The van der Waals surface area contributed by atoms with Gasteiger partial charge in [0.25, 0.3) is 0 Å². The fraction of sp³-hybridized carbons (Fsp3) is 0.647. The fourth-order valence-electron chi connectivity index (χ4n) is 4.11. The van der Waals surface area contributed by atoms with Crippen LogP contribution in [0.5, 0.6) is 0 Å². The first-order valence-corrected chi connectivity index (χ1v) is 7.84. The quantitative estimate of drug-likeness (QED) is 0.627. The van der Waals surface area contributed by atoms with Crippen molar-refractivity contribution in [1.29, 1.82) is 0 Å². The zero-order valence-corrected chi connectivity index (χ0v) is 11.9. The van der Waals surface area contributed by atoms with Crippen LogP contribution in [0.2, 0.25) is 0 Å². The van der Waals surface area contributed by atoms with Crippen molar-refractivity contribution in [3.63, 3.8) is 0 Å². The van der Waals surface area contributed by atoms with Crippen molar-refractivity contribution < 1.29 is 0 Å². The number of nitrogens with one attached hydrogen (secondary N) is 1. The Morgan fingerprint density at radius 3 is 2.63 bits per heavy atom. The Kier molecular flexibility index (Phi) is 3.90. The first-order valence-electron chi connectivity index (χ1n) is 7.84. The first-order chi connectivity index (χ1) is 9.33. The van der Waals surface area contributed by atoms with E-state index in [0.717, 1.165) is 23.7 Å². The molecule has 0 amide bonds. The molecule has 1 aromatic rings. The Balaban J connectivity index is 1.62. The molecule has 0 radical (unpaired) electrons. The summed E-state index contributed by atoms with van der Waals surface area (Å²) in [6, 6.07) is 11.5. The zero-order chi connectivity index (χ0) is 13.2. The highest BCUT2D eigenvalue weighted by atomic mass is 15.2. The van der Waals surface area contributed by atoms with E-state index in [4.69, 9.17) is 5.84 Å². The van der Waals surface area contributed by atoms with Crippen LogP contribution in [-0.2, 0) is 0 Å². The van der Waals surface area contributed by atoms with Crippen LogP contribution in [0.1, 0.15) is 50.5 Å². The molecule has 2 heteroatoms. The van der Waals surface area contributed by atoms with Gasteiger partial charge in [-0.15, -0.1) is 0 Å². The van der Waals surface area contributed by atoms with Crippen LogP contribution >= 0.6 is 0 Å². The van der Waals surface area contributed by atoms with E-state index in [-0.39, 0.29) is 0 Å². The molecule has 5 unspecified atom stereocenters. The molecule has 2 nitrogen and oxygen atoms in total. The molecule has 1 aromatic carbocycles. The van der Waals surface area contributed by atoms with Crippen LogP contribution < -0.4 is 11.3 Å². The second-order valence-electron chi connectivity index (χ2n) is 6.46. The third-order valence-corrected chi connectivity index (χ3v) is 5.39. The lowest BCUT2D eigenvalue weighted by molar-refractivity contribution is 0.315. The van der Waals surface area contributed by atoms with Crippen molar-refractivity contribution in [3.05, 3.63) is 35.9 Å². The summed E-state index contributed by atoms with van der Waals surface area (Å²) in [6.45, 7) is 2.32. The van der Waals surface area contributed by atoms with Gasteiger partial charge in [0.05, 0.1) is 0 Å². The van der Waals surface area contributed by atoms with Gasteiger partial charge in [-0.25, -0.2) is 0 Å². The predicted molar refractivity (Wildman–Crippen MR) is 79.5 cm³/mol. The highest BCUT2D eigenvalue weighted by molar-refractivity contribution is 5.27. The van der Waals surface area contributed by atoms with Crippen LogP contribution in [0.4, 0.5) is 0 Å². The monoisotopic (exact) mass is 258 g/mol. The van der Waals surface area contributed by atoms with E-state index in [1.165, 1.54) is 37.7 Å². The molecular weight excluding hydrogens is 232 g/mol. The largest absolute Gasteiger partial charge is 0.271 e. The van der Waals surface area contributed by atoms with E-state index in [9.17, 15) is 0 Å². The molecular formula is C17H26N2. The lowest BCUT2D eigenvalue weighted by Crippen LogP contribution is -2.42. The predicted octanol–water partition coefficient (Wildman–Crippen LogP) is 3.45. The van der Waals surface area contributed by atoms with Crippen molar-refractivity contribution in [2.45, 2.75) is 51.0 Å². The van der Waals surface area contributed by atoms with Gasteiger partial charge >= 0.3 is 0 Å². The molecule has 104 valence electrons. The van der Waals surface area contributed by atoms with E-state index in [0.29, 0.717) is 6.04 Å². The third kappa shape index (κ3) is 2.70. The Labute approximate surface area is 116 Å². The molecule has 0 heterocycles. The number of rotatable bonds is 5. The summed E-state index contributed by atoms with van der Waals surface area (Å²) in [5, 5.41) is 0. The zero-order valence-electron chi connectivity index (χ0n) is 11.9. The summed E-state index contributed by atoms with van der Waals surface area (Å²) in [4.78, 5) is 0. The van der Waals surface area contributed by atoms with Crippen molar-refractivity contribution >= 4 is 0 Å². The van der Waals surface area contributed by atoms with Gasteiger partial charge in [-0.3, -0.25) is 11.3 Å². The molecule has 3 rings (SSSR count). The lowest BCUT2D eigenvalue weighted by Gasteiger charge is -2.23. The average Bonchev–Trinajstić information content (AvgIpc) is 3.10. The van der Waals surface area contributed by atoms with Gasteiger partial charge in [0, 0.05) is 6.04 Å². The van der Waals surface area contributed by atoms with E-state index in [1.807, 2.05) is 0 Å². The molecule has 2 saturated carbocycles. The number of benzene rings is 1. The molecule has 2 aliphatic rings. The van der Waals surface area contributed by atoms with Gasteiger partial charge in [-0.2, -0.15) is 0 Å². The highest BCUT2D eigenvalue weighted by Gasteiger charge is 2.47. The molecule has 19 heavy (non-hydrogen) atoms. The van der Waals surface area contributed by atoms with Crippen molar-refractivity contribution in [2.75, 3.05) is 0 Å². The lowest BCUT2D eigenvalue weighted by atomic mass is 9.91. The number of nitrogens with two attached hydrogens (primary N) is 1. The van der Waals surface area contributed by atoms with Gasteiger partial charge in [0.2, 0.25) is 0 Å². The SMILES string of the molecule is CCC1CCC(C(NN)C2CC2c2ccccc2)C1. The van der Waals surface area contributed by atoms with Crippen molar-refractivity contribution in [3.8, 4) is 0 Å². The first kappa shape index (κ1) is 13.1. The maximum atomic E-state index is 5.87. The smallest absolute Gasteiger partial charge is 0.0273 e. The summed E-state index contributed by atoms with van der Waals surface area (Å²) >= 11 is 0. The van der Waals surface area contributed by atoms with Crippen LogP contribution in [0.3, 0.4) is 0 Å². The molecule has 0 saturated heterocycles. The standard InChI is InChI=1S/C17H26N2/c1-2-12-8-9-14(10-12)17(19-18)16-11-15(16)13-6-4-3-5-7-13/h3-7,12,14-17,19H,2,8-11,18H2,1H3. The second-order valence-corrected chi connectivity index (χ2v) is 6.46. The van der Waals surface area contributed by atoms with Gasteiger partial charge in [-0.05, 0) is 48.5 Å². The number of hydrogen-bond donors (Lipinski definition) is 2. The minimum Gasteiger partial charge on any atom is -0.271 e. The van der Waals surface area contributed by atoms with E-state index in [2.05, 4.69) is 42.7 Å². The summed E-state index contributed by atoms with van der Waals surface area (Å²) in [7, 11) is 0. The Hall–Kier alpha value is -0.860. The summed E-state index contributed by atoms with van der Waals surface area (Å²) in [5.41, 5.74) is 4.65. The molecule has 0 aromatic heterocycles. The Bertz CT molecular complexity index is 403.